The SMILES string of the molecule is CCOc1cc(-c2nc(-c3cc(C)nc(C)c3)c3n2CC(C)OCC3)ccc1C(F)(F)F. The molecule has 0 amide bonds. The van der Waals surface area contributed by atoms with Crippen LogP contribution < -0.4 is 4.74 Å². The molecule has 1 aliphatic rings. The quantitative estimate of drug-likeness (QED) is 0.524. The van der Waals surface area contributed by atoms with Crippen molar-refractivity contribution in [2.45, 2.75) is 52.9 Å². The summed E-state index contributed by atoms with van der Waals surface area (Å²) in [5.74, 6) is 0.416. The van der Waals surface area contributed by atoms with Gasteiger partial charge in [-0.25, -0.2) is 4.98 Å². The second kappa shape index (κ2) is 8.58. The van der Waals surface area contributed by atoms with E-state index in [0.717, 1.165) is 34.4 Å². The molecule has 170 valence electrons. The van der Waals surface area contributed by atoms with E-state index in [0.29, 0.717) is 31.0 Å². The van der Waals surface area contributed by atoms with Gasteiger partial charge in [0.25, 0.3) is 0 Å². The predicted molar refractivity (Wildman–Crippen MR) is 116 cm³/mol. The van der Waals surface area contributed by atoms with Crippen LogP contribution in [0.3, 0.4) is 0 Å². The van der Waals surface area contributed by atoms with Gasteiger partial charge < -0.3 is 14.0 Å². The van der Waals surface area contributed by atoms with Gasteiger partial charge in [0, 0.05) is 34.6 Å². The van der Waals surface area contributed by atoms with E-state index in [1.807, 2.05) is 32.9 Å². The molecule has 1 unspecified atom stereocenters. The highest BCUT2D eigenvalue weighted by molar-refractivity contribution is 5.70. The lowest BCUT2D eigenvalue weighted by Gasteiger charge is -2.16. The number of pyridine rings is 1. The summed E-state index contributed by atoms with van der Waals surface area (Å²) in [6.07, 6.45) is -3.88. The fourth-order valence-electron chi connectivity index (χ4n) is 4.20. The molecule has 2 aromatic heterocycles. The first kappa shape index (κ1) is 22.3. The Morgan fingerprint density at radius 3 is 2.47 bits per heavy atom. The van der Waals surface area contributed by atoms with Gasteiger partial charge in [0.2, 0.25) is 0 Å². The minimum absolute atomic E-state index is 0.0428. The zero-order valence-electron chi connectivity index (χ0n) is 18.6. The molecule has 8 heteroatoms. The van der Waals surface area contributed by atoms with Gasteiger partial charge in [-0.05, 0) is 52.0 Å². The minimum Gasteiger partial charge on any atom is -0.493 e. The van der Waals surface area contributed by atoms with Crippen molar-refractivity contribution in [2.24, 2.45) is 0 Å². The molecular formula is C24H26F3N3O2. The van der Waals surface area contributed by atoms with Crippen molar-refractivity contribution in [3.05, 3.63) is 53.0 Å². The summed E-state index contributed by atoms with van der Waals surface area (Å²) in [6, 6.07) is 7.93. The fourth-order valence-corrected chi connectivity index (χ4v) is 4.20. The van der Waals surface area contributed by atoms with Crippen LogP contribution in [0.5, 0.6) is 5.75 Å². The molecule has 5 nitrogen and oxygen atoms in total. The van der Waals surface area contributed by atoms with E-state index in [2.05, 4.69) is 9.55 Å². The molecule has 0 spiro atoms. The van der Waals surface area contributed by atoms with Crippen molar-refractivity contribution < 1.29 is 22.6 Å². The zero-order valence-corrected chi connectivity index (χ0v) is 18.6. The number of halogens is 3. The Labute approximate surface area is 185 Å². The molecule has 0 N–H and O–H groups in total. The first-order chi connectivity index (χ1) is 15.2. The van der Waals surface area contributed by atoms with E-state index >= 15 is 0 Å². The molecule has 3 aromatic rings. The van der Waals surface area contributed by atoms with Gasteiger partial charge in [-0.15, -0.1) is 0 Å². The zero-order chi connectivity index (χ0) is 23.0. The largest absolute Gasteiger partial charge is 0.493 e. The van der Waals surface area contributed by atoms with Crippen molar-refractivity contribution in [3.63, 3.8) is 0 Å². The number of aromatic nitrogens is 3. The Bertz CT molecular complexity index is 1120. The molecule has 32 heavy (non-hydrogen) atoms. The monoisotopic (exact) mass is 445 g/mol. The molecule has 0 aliphatic carbocycles. The molecule has 0 bridgehead atoms. The van der Waals surface area contributed by atoms with Crippen molar-refractivity contribution in [1.29, 1.82) is 0 Å². The van der Waals surface area contributed by atoms with Gasteiger partial charge in [-0.2, -0.15) is 13.2 Å². The van der Waals surface area contributed by atoms with Crippen molar-refractivity contribution >= 4 is 0 Å². The maximum absolute atomic E-state index is 13.5. The lowest BCUT2D eigenvalue weighted by Crippen LogP contribution is -2.15. The number of fused-ring (bicyclic) bond motifs is 1. The molecule has 0 saturated carbocycles. The first-order valence-electron chi connectivity index (χ1n) is 10.7. The Kier molecular flexibility index (Phi) is 5.99. The lowest BCUT2D eigenvalue weighted by atomic mass is 10.1. The molecule has 0 radical (unpaired) electrons. The maximum atomic E-state index is 13.5. The highest BCUT2D eigenvalue weighted by Gasteiger charge is 2.35. The van der Waals surface area contributed by atoms with E-state index in [4.69, 9.17) is 14.5 Å². The molecule has 1 atom stereocenters. The van der Waals surface area contributed by atoms with Gasteiger partial charge in [0.05, 0.1) is 37.1 Å². The fraction of sp³-hybridized carbons (Fsp3) is 0.417. The van der Waals surface area contributed by atoms with Crippen LogP contribution in [0.4, 0.5) is 13.2 Å². The molecular weight excluding hydrogens is 419 g/mol. The van der Waals surface area contributed by atoms with E-state index in [9.17, 15) is 13.2 Å². The molecule has 0 saturated heterocycles. The van der Waals surface area contributed by atoms with Crippen LogP contribution in [0.2, 0.25) is 0 Å². The third-order valence-electron chi connectivity index (χ3n) is 5.45. The van der Waals surface area contributed by atoms with Gasteiger partial charge in [-0.3, -0.25) is 4.98 Å². The Morgan fingerprint density at radius 2 is 1.81 bits per heavy atom. The second-order valence-corrected chi connectivity index (χ2v) is 8.05. The molecule has 3 heterocycles. The summed E-state index contributed by atoms with van der Waals surface area (Å²) >= 11 is 0. The molecule has 1 aromatic carbocycles. The van der Waals surface area contributed by atoms with Crippen LogP contribution in [0.15, 0.2) is 30.3 Å². The molecule has 1 aliphatic heterocycles. The van der Waals surface area contributed by atoms with Crippen LogP contribution in [0.25, 0.3) is 22.6 Å². The van der Waals surface area contributed by atoms with Crippen molar-refractivity contribution in [3.8, 4) is 28.4 Å². The smallest absolute Gasteiger partial charge is 0.419 e. The summed E-state index contributed by atoms with van der Waals surface area (Å²) < 4.78 is 53.7. The number of imidazole rings is 1. The van der Waals surface area contributed by atoms with E-state index in [-0.39, 0.29) is 18.5 Å². The van der Waals surface area contributed by atoms with Crippen LogP contribution in [0, 0.1) is 13.8 Å². The Hall–Kier alpha value is -2.87. The van der Waals surface area contributed by atoms with Gasteiger partial charge in [-0.1, -0.05) is 6.07 Å². The highest BCUT2D eigenvalue weighted by atomic mass is 19.4. The molecule has 0 fully saturated rings. The maximum Gasteiger partial charge on any atom is 0.419 e. The first-order valence-corrected chi connectivity index (χ1v) is 10.7. The number of alkyl halides is 3. The van der Waals surface area contributed by atoms with Gasteiger partial charge >= 0.3 is 6.18 Å². The predicted octanol–water partition coefficient (Wildman–Crippen LogP) is 5.61. The van der Waals surface area contributed by atoms with Gasteiger partial charge in [0.1, 0.15) is 11.6 Å². The number of nitrogens with zero attached hydrogens (tertiary/aromatic N) is 3. The summed E-state index contributed by atoms with van der Waals surface area (Å²) in [5.41, 5.74) is 4.31. The van der Waals surface area contributed by atoms with E-state index < -0.39 is 11.7 Å². The Morgan fingerprint density at radius 1 is 1.09 bits per heavy atom. The number of rotatable bonds is 4. The van der Waals surface area contributed by atoms with Crippen LogP contribution in [0.1, 0.15) is 36.5 Å². The standard InChI is InChI=1S/C24H26F3N3O2/c1-5-31-21-12-17(6-7-19(21)24(25,26)27)23-29-22(18-10-14(2)28-15(3)11-18)20-8-9-32-16(4)13-30(20)23/h6-7,10-12,16H,5,8-9,13H2,1-4H3. The summed E-state index contributed by atoms with van der Waals surface area (Å²) in [4.78, 5) is 9.38. The van der Waals surface area contributed by atoms with E-state index in [1.165, 1.54) is 12.1 Å². The third-order valence-corrected chi connectivity index (χ3v) is 5.45. The van der Waals surface area contributed by atoms with Gasteiger partial charge in [0.15, 0.2) is 0 Å². The molecule has 4 rings (SSSR count). The van der Waals surface area contributed by atoms with Crippen molar-refractivity contribution in [1.82, 2.24) is 14.5 Å². The minimum atomic E-state index is -4.49. The number of hydrogen-bond acceptors (Lipinski definition) is 4. The Balaban J connectivity index is 1.91. The third kappa shape index (κ3) is 4.37. The summed E-state index contributed by atoms with van der Waals surface area (Å²) in [7, 11) is 0. The lowest BCUT2D eigenvalue weighted by molar-refractivity contribution is -0.138. The highest BCUT2D eigenvalue weighted by Crippen LogP contribution is 2.40. The van der Waals surface area contributed by atoms with Crippen LogP contribution >= 0.6 is 0 Å². The van der Waals surface area contributed by atoms with Crippen LogP contribution in [-0.2, 0) is 23.9 Å². The van der Waals surface area contributed by atoms with Crippen LogP contribution in [-0.4, -0.2) is 33.9 Å². The van der Waals surface area contributed by atoms with E-state index in [1.54, 1.807) is 6.92 Å². The number of benzene rings is 1. The summed E-state index contributed by atoms with van der Waals surface area (Å²) in [5, 5.41) is 0. The van der Waals surface area contributed by atoms with Crippen molar-refractivity contribution in [2.75, 3.05) is 13.2 Å². The summed E-state index contributed by atoms with van der Waals surface area (Å²) in [6.45, 7) is 8.77. The second-order valence-electron chi connectivity index (χ2n) is 8.05. The number of hydrogen-bond donors (Lipinski definition) is 0. The topological polar surface area (TPSA) is 49.2 Å². The normalized spacial score (nSPS) is 16.5. The average molecular weight is 445 g/mol. The number of aryl methyl sites for hydroxylation is 2. The number of ether oxygens (including phenoxy) is 2. The average Bonchev–Trinajstić information content (AvgIpc) is 2.93.